The molecule has 0 aromatic heterocycles. The third-order valence-electron chi connectivity index (χ3n) is 3.19. The third-order valence-corrected chi connectivity index (χ3v) is 5.92. The molecule has 0 spiro atoms. The quantitative estimate of drug-likeness (QED) is 0.321. The molecule has 0 bridgehead atoms. The Labute approximate surface area is 165 Å². The summed E-state index contributed by atoms with van der Waals surface area (Å²) < 4.78 is 41.5. The first-order valence-corrected chi connectivity index (χ1v) is 11.8. The van der Waals surface area contributed by atoms with Crippen molar-refractivity contribution in [1.29, 1.82) is 0 Å². The molecule has 3 aromatic rings. The van der Waals surface area contributed by atoms with E-state index >= 15 is 0 Å². The highest BCUT2D eigenvalue weighted by atomic mass is 32.3. The minimum absolute atomic E-state index is 0.877. The van der Waals surface area contributed by atoms with Gasteiger partial charge in [-0.1, -0.05) is 54.6 Å². The van der Waals surface area contributed by atoms with Crippen LogP contribution in [0.1, 0.15) is 0 Å². The Balaban J connectivity index is 0.000000369. The molecule has 0 amide bonds. The van der Waals surface area contributed by atoms with Gasteiger partial charge in [0.15, 0.2) is 0 Å². The fourth-order valence-electron chi connectivity index (χ4n) is 2.31. The van der Waals surface area contributed by atoms with Crippen LogP contribution in [0.4, 0.5) is 0 Å². The molecule has 3 N–H and O–H groups in total. The summed E-state index contributed by atoms with van der Waals surface area (Å²) in [7, 11) is -8.66. The third kappa shape index (κ3) is 11.0. The molecule has 3 rings (SSSR count). The van der Waals surface area contributed by atoms with Gasteiger partial charge in [-0.2, -0.15) is 0 Å². The van der Waals surface area contributed by atoms with Crippen LogP contribution >= 0.6 is 16.2 Å². The molecule has 0 atom stereocenters. The van der Waals surface area contributed by atoms with E-state index in [9.17, 15) is 0 Å². The van der Waals surface area contributed by atoms with Gasteiger partial charge < -0.3 is 4.55 Å². The highest BCUT2D eigenvalue weighted by Crippen LogP contribution is 2.32. The number of rotatable bonds is 3. The van der Waals surface area contributed by atoms with E-state index in [1.165, 1.54) is 15.9 Å². The molecular formula is C18H19O7P2S+. The van der Waals surface area contributed by atoms with Crippen molar-refractivity contribution in [3.63, 3.8) is 0 Å². The maximum absolute atomic E-state index is 8.70. The largest absolute Gasteiger partial charge is 0.726 e. The van der Waals surface area contributed by atoms with E-state index in [-0.39, 0.29) is 0 Å². The lowest BCUT2D eigenvalue weighted by Crippen LogP contribution is -2.20. The van der Waals surface area contributed by atoms with Crippen molar-refractivity contribution in [2.24, 2.45) is 0 Å². The van der Waals surface area contributed by atoms with E-state index in [2.05, 4.69) is 91.0 Å². The molecule has 0 unspecified atom stereocenters. The second kappa shape index (κ2) is 12.4. The Morgan fingerprint density at radius 2 is 0.857 bits per heavy atom. The molecule has 7 nitrogen and oxygen atoms in total. The standard InChI is InChI=1S/C18H15P.H2O4S.HO3P/c1-4-10-16(11-5-1)19(17-12-6-2-7-13-17)18-14-8-3-9-15-18;1-5(2,3)4;1-4(2)3/h1-15H;(H2,1,2,3,4);(H-,1,2,3)/p+1. The van der Waals surface area contributed by atoms with Crippen LogP contribution in [0.2, 0.25) is 0 Å². The number of hydrogen-bond donors (Lipinski definition) is 3. The zero-order valence-corrected chi connectivity index (χ0v) is 17.2. The predicted octanol–water partition coefficient (Wildman–Crippen LogP) is 1.81. The van der Waals surface area contributed by atoms with E-state index in [4.69, 9.17) is 31.9 Å². The van der Waals surface area contributed by atoms with Crippen LogP contribution in [-0.4, -0.2) is 27.3 Å². The van der Waals surface area contributed by atoms with E-state index in [0.717, 1.165) is 0 Å². The van der Waals surface area contributed by atoms with E-state index in [0.29, 0.717) is 0 Å². The minimum atomic E-state index is -4.92. The van der Waals surface area contributed by atoms with E-state index in [1.807, 2.05) is 0 Å². The SMILES string of the molecule is O=S(=O)([O-])O.O=[P+](O)O.c1ccc([PH+](c2ccccc2)c2ccccc2)cc1. The van der Waals surface area contributed by atoms with E-state index < -0.39 is 26.6 Å². The first kappa shape index (κ1) is 24.0. The predicted molar refractivity (Wildman–Crippen MR) is 111 cm³/mol. The Bertz CT molecular complexity index is 832. The molecule has 10 heteroatoms. The molecule has 0 aliphatic rings. The van der Waals surface area contributed by atoms with Crippen molar-refractivity contribution in [2.75, 3.05) is 0 Å². The Kier molecular flexibility index (Phi) is 10.7. The fraction of sp³-hybridized carbons (Fsp3) is 0. The summed E-state index contributed by atoms with van der Waals surface area (Å²) in [4.78, 5) is 14.2. The lowest BCUT2D eigenvalue weighted by atomic mass is 10.4. The summed E-state index contributed by atoms with van der Waals surface area (Å²) in [6, 6.07) is 32.5. The zero-order chi connectivity index (χ0) is 21.0. The van der Waals surface area contributed by atoms with Gasteiger partial charge in [0.25, 0.3) is 0 Å². The second-order valence-electron chi connectivity index (χ2n) is 5.15. The molecule has 0 saturated carbocycles. The highest BCUT2D eigenvalue weighted by molar-refractivity contribution is 7.80. The van der Waals surface area contributed by atoms with Gasteiger partial charge in [-0.15, -0.1) is 9.79 Å². The van der Waals surface area contributed by atoms with Crippen molar-refractivity contribution in [3.05, 3.63) is 91.0 Å². The molecule has 28 heavy (non-hydrogen) atoms. The zero-order valence-electron chi connectivity index (χ0n) is 14.5. The van der Waals surface area contributed by atoms with Crippen LogP contribution in [0.5, 0.6) is 0 Å². The minimum Gasteiger partial charge on any atom is -0.726 e. The monoisotopic (exact) mass is 441 g/mol. The maximum Gasteiger partial charge on any atom is 0.692 e. The van der Waals surface area contributed by atoms with Crippen LogP contribution in [0.25, 0.3) is 0 Å². The smallest absolute Gasteiger partial charge is 0.692 e. The Morgan fingerprint density at radius 3 is 1.04 bits per heavy atom. The number of benzene rings is 3. The molecule has 0 fully saturated rings. The molecule has 0 aliphatic heterocycles. The molecule has 148 valence electrons. The van der Waals surface area contributed by atoms with Gasteiger partial charge in [0.05, 0.1) is 7.92 Å². The van der Waals surface area contributed by atoms with Gasteiger partial charge in [0.1, 0.15) is 15.9 Å². The normalized spacial score (nSPS) is 10.2. The first-order valence-electron chi connectivity index (χ1n) is 7.75. The topological polar surface area (TPSA) is 135 Å². The highest BCUT2D eigenvalue weighted by Gasteiger charge is 2.24. The van der Waals surface area contributed by atoms with Crippen LogP contribution < -0.4 is 15.9 Å². The van der Waals surface area contributed by atoms with Gasteiger partial charge in [-0.25, -0.2) is 8.42 Å². The average Bonchev–Trinajstić information content (AvgIpc) is 2.63. The number of hydrogen-bond acceptors (Lipinski definition) is 4. The van der Waals surface area contributed by atoms with Crippen LogP contribution in [0, 0.1) is 0 Å². The van der Waals surface area contributed by atoms with Crippen molar-refractivity contribution < 1.29 is 31.9 Å². The summed E-state index contributed by atoms with van der Waals surface area (Å²) in [5.41, 5.74) is 0. The lowest BCUT2D eigenvalue weighted by Gasteiger charge is -2.10. The lowest BCUT2D eigenvalue weighted by molar-refractivity contribution is 0.366. The van der Waals surface area contributed by atoms with Crippen molar-refractivity contribution in [1.82, 2.24) is 0 Å². The van der Waals surface area contributed by atoms with Crippen molar-refractivity contribution in [2.45, 2.75) is 0 Å². The van der Waals surface area contributed by atoms with Crippen LogP contribution in [0.15, 0.2) is 91.0 Å². The van der Waals surface area contributed by atoms with Crippen LogP contribution in [0.3, 0.4) is 0 Å². The summed E-state index contributed by atoms with van der Waals surface area (Å²) in [5, 5.41) is 4.31. The van der Waals surface area contributed by atoms with Gasteiger partial charge in [-0.3, -0.25) is 4.55 Å². The Morgan fingerprint density at radius 1 is 0.679 bits per heavy atom. The Hall–Kier alpha value is -2.02. The summed E-state index contributed by atoms with van der Waals surface area (Å²) in [6.45, 7) is 0. The second-order valence-corrected chi connectivity index (χ2v) is 9.00. The van der Waals surface area contributed by atoms with Gasteiger partial charge >= 0.3 is 8.25 Å². The molecule has 0 radical (unpaired) electrons. The maximum atomic E-state index is 8.70. The molecule has 0 heterocycles. The van der Waals surface area contributed by atoms with Gasteiger partial charge in [0.2, 0.25) is 10.4 Å². The molecule has 3 aromatic carbocycles. The van der Waals surface area contributed by atoms with Crippen LogP contribution in [-0.2, 0) is 15.0 Å². The first-order chi connectivity index (χ1) is 13.2. The van der Waals surface area contributed by atoms with E-state index in [1.54, 1.807) is 0 Å². The molecule has 0 aliphatic carbocycles. The fourth-order valence-corrected chi connectivity index (χ4v) is 4.89. The van der Waals surface area contributed by atoms with Crippen molar-refractivity contribution >= 4 is 42.5 Å². The molecule has 0 saturated heterocycles. The average molecular weight is 441 g/mol. The molecular weight excluding hydrogens is 422 g/mol. The van der Waals surface area contributed by atoms with Gasteiger partial charge in [-0.05, 0) is 36.4 Å². The van der Waals surface area contributed by atoms with Gasteiger partial charge in [0, 0.05) is 4.57 Å². The summed E-state index contributed by atoms with van der Waals surface area (Å²) in [5.74, 6) is 0. The summed E-state index contributed by atoms with van der Waals surface area (Å²) in [6.07, 6.45) is 0. The summed E-state index contributed by atoms with van der Waals surface area (Å²) >= 11 is 0. The van der Waals surface area contributed by atoms with Crippen molar-refractivity contribution in [3.8, 4) is 0 Å².